The van der Waals surface area contributed by atoms with E-state index in [2.05, 4.69) is 25.5 Å². The van der Waals surface area contributed by atoms with E-state index >= 15 is 0 Å². The molecule has 3 N–H and O–H groups in total. The molecule has 1 fully saturated rings. The third-order valence-electron chi connectivity index (χ3n) is 6.63. The molecule has 40 heavy (non-hydrogen) atoms. The summed E-state index contributed by atoms with van der Waals surface area (Å²) in [5.41, 5.74) is 7.64. The number of methoxy groups -OCH3 is 1. The van der Waals surface area contributed by atoms with Gasteiger partial charge in [-0.15, -0.1) is 0 Å². The van der Waals surface area contributed by atoms with Crippen LogP contribution in [-0.4, -0.2) is 69.5 Å². The van der Waals surface area contributed by atoms with Crippen LogP contribution in [0.1, 0.15) is 0 Å². The smallest absolute Gasteiger partial charge is 0.262 e. The number of benzene rings is 2. The van der Waals surface area contributed by atoms with Crippen molar-refractivity contribution >= 4 is 38.1 Å². The molecule has 3 heterocycles. The molecule has 0 radical (unpaired) electrons. The molecule has 5 rings (SSSR count). The summed E-state index contributed by atoms with van der Waals surface area (Å²) in [4.78, 5) is 24.0. The van der Waals surface area contributed by atoms with Crippen LogP contribution in [0.25, 0.3) is 22.0 Å². The standard InChI is InChI=1S/C27H28F2N6O4S/c1-38-25-23(33-40(2,37)24-6-4-19(28)15-21(24)29)14-18(16-31-25)17-3-5-22-20(13-17)26(36)35(27(30)32-22)8-7-34-9-11-39-12-10-34/h3-6,13-16H,2,7-12H2,1H3,(H2,30,32)(H,33,37). The largest absolute Gasteiger partial charge is 0.480 e. The predicted octanol–water partition coefficient (Wildman–Crippen LogP) is 2.76. The van der Waals surface area contributed by atoms with Gasteiger partial charge in [0.05, 0.1) is 45.8 Å². The van der Waals surface area contributed by atoms with E-state index in [1.54, 1.807) is 24.3 Å². The van der Waals surface area contributed by atoms with Crippen molar-refractivity contribution in [2.45, 2.75) is 11.4 Å². The minimum atomic E-state index is -3.46. The number of halogens is 2. The zero-order valence-electron chi connectivity index (χ0n) is 21.7. The van der Waals surface area contributed by atoms with Crippen LogP contribution in [-0.2, 0) is 21.0 Å². The van der Waals surface area contributed by atoms with Crippen LogP contribution in [0.4, 0.5) is 20.4 Å². The Morgan fingerprint density at radius 3 is 2.62 bits per heavy atom. The van der Waals surface area contributed by atoms with Crippen LogP contribution >= 0.6 is 0 Å². The van der Waals surface area contributed by atoms with Crippen molar-refractivity contribution in [2.75, 3.05) is 50.4 Å². The Hall–Kier alpha value is -4.07. The Kier molecular flexibility index (Phi) is 7.70. The minimum Gasteiger partial charge on any atom is -0.480 e. The lowest BCUT2D eigenvalue weighted by atomic mass is 10.1. The molecule has 1 aliphatic heterocycles. The van der Waals surface area contributed by atoms with E-state index in [0.29, 0.717) is 54.4 Å². The Balaban J connectivity index is 1.48. The molecule has 0 aliphatic carbocycles. The van der Waals surface area contributed by atoms with Crippen molar-refractivity contribution in [1.82, 2.24) is 19.4 Å². The molecule has 1 saturated heterocycles. The van der Waals surface area contributed by atoms with Gasteiger partial charge < -0.3 is 19.9 Å². The molecular weight excluding hydrogens is 542 g/mol. The maximum atomic E-state index is 14.4. The molecule has 0 bridgehead atoms. The van der Waals surface area contributed by atoms with Crippen molar-refractivity contribution < 1.29 is 22.5 Å². The summed E-state index contributed by atoms with van der Waals surface area (Å²) in [7, 11) is -2.08. The maximum Gasteiger partial charge on any atom is 0.262 e. The van der Waals surface area contributed by atoms with E-state index in [9.17, 15) is 17.8 Å². The number of nitrogen functional groups attached to an aromatic ring is 1. The number of nitrogens with two attached hydrogens (primary N) is 1. The number of anilines is 2. The molecule has 2 aromatic carbocycles. The number of hydrogen-bond acceptors (Lipinski definition) is 8. The van der Waals surface area contributed by atoms with Crippen LogP contribution in [0.2, 0.25) is 0 Å². The van der Waals surface area contributed by atoms with Gasteiger partial charge in [-0.1, -0.05) is 6.07 Å². The van der Waals surface area contributed by atoms with Gasteiger partial charge in [0.1, 0.15) is 17.3 Å². The summed E-state index contributed by atoms with van der Waals surface area (Å²) < 4.78 is 55.9. The highest BCUT2D eigenvalue weighted by Crippen LogP contribution is 2.31. The molecule has 1 unspecified atom stereocenters. The van der Waals surface area contributed by atoms with Gasteiger partial charge in [0.25, 0.3) is 5.56 Å². The summed E-state index contributed by atoms with van der Waals surface area (Å²) in [5, 5.41) is 0.369. The van der Waals surface area contributed by atoms with E-state index in [0.717, 1.165) is 25.2 Å². The third-order valence-corrected chi connectivity index (χ3v) is 8.22. The van der Waals surface area contributed by atoms with Crippen molar-refractivity contribution in [3.05, 3.63) is 70.6 Å². The molecular formula is C27H28F2N6O4S. The maximum absolute atomic E-state index is 14.4. The fourth-order valence-electron chi connectivity index (χ4n) is 4.52. The fraction of sp³-hybridized carbons (Fsp3) is 0.259. The molecule has 0 amide bonds. The van der Waals surface area contributed by atoms with Crippen molar-refractivity contribution in [3.8, 4) is 17.0 Å². The lowest BCUT2D eigenvalue weighted by Gasteiger charge is -2.26. The van der Waals surface area contributed by atoms with Gasteiger partial charge in [-0.3, -0.25) is 14.3 Å². The molecule has 0 spiro atoms. The van der Waals surface area contributed by atoms with Crippen LogP contribution in [0, 0.1) is 11.6 Å². The third kappa shape index (κ3) is 5.62. The molecule has 210 valence electrons. The average molecular weight is 571 g/mol. The number of fused-ring (bicyclic) bond motifs is 1. The number of ether oxygens (including phenoxy) is 2. The molecule has 1 atom stereocenters. The van der Waals surface area contributed by atoms with E-state index in [1.807, 2.05) is 0 Å². The highest BCUT2D eigenvalue weighted by molar-refractivity contribution is 8.01. The van der Waals surface area contributed by atoms with Gasteiger partial charge in [-0.05, 0) is 41.8 Å². The van der Waals surface area contributed by atoms with Crippen molar-refractivity contribution in [1.29, 1.82) is 0 Å². The first-order chi connectivity index (χ1) is 19.2. The lowest BCUT2D eigenvalue weighted by Crippen LogP contribution is -2.39. The SMILES string of the molecule is C=S(=O)(Nc1cc(-c2ccc3nc(N)n(CCN4CCOCC4)c(=O)c3c2)cnc1OC)c1ccc(F)cc1F. The van der Waals surface area contributed by atoms with Gasteiger partial charge in [0, 0.05) is 44.0 Å². The number of hydrogen-bond donors (Lipinski definition) is 2. The number of aromatic nitrogens is 3. The number of rotatable bonds is 8. The average Bonchev–Trinajstić information content (AvgIpc) is 2.93. The number of morpholine rings is 1. The van der Waals surface area contributed by atoms with Crippen molar-refractivity contribution in [2.24, 2.45) is 0 Å². The summed E-state index contributed by atoms with van der Waals surface area (Å²) in [5.74, 6) is 2.04. The van der Waals surface area contributed by atoms with Gasteiger partial charge in [0.15, 0.2) is 0 Å². The van der Waals surface area contributed by atoms with Gasteiger partial charge >= 0.3 is 0 Å². The second-order valence-corrected chi connectivity index (χ2v) is 11.2. The Labute approximate surface area is 229 Å². The van der Waals surface area contributed by atoms with Crippen LogP contribution in [0.5, 0.6) is 5.88 Å². The summed E-state index contributed by atoms with van der Waals surface area (Å²) in [6, 6.07) is 9.43. The minimum absolute atomic E-state index is 0.0864. The number of nitrogens with one attached hydrogen (secondary N) is 1. The van der Waals surface area contributed by atoms with Crippen molar-refractivity contribution in [3.63, 3.8) is 0 Å². The second kappa shape index (κ2) is 11.2. The number of pyridine rings is 1. The van der Waals surface area contributed by atoms with Gasteiger partial charge in [0.2, 0.25) is 11.8 Å². The van der Waals surface area contributed by atoms with E-state index in [4.69, 9.17) is 15.2 Å². The monoisotopic (exact) mass is 570 g/mol. The van der Waals surface area contributed by atoms with E-state index in [1.165, 1.54) is 17.9 Å². The van der Waals surface area contributed by atoms with Crippen LogP contribution in [0.15, 0.2) is 58.4 Å². The Morgan fingerprint density at radius 1 is 1.12 bits per heavy atom. The molecule has 13 heteroatoms. The zero-order chi connectivity index (χ0) is 28.4. The quantitative estimate of drug-likeness (QED) is 0.310. The first kappa shape index (κ1) is 27.5. The van der Waals surface area contributed by atoms with Crippen LogP contribution in [0.3, 0.4) is 0 Å². The Bertz CT molecular complexity index is 1740. The second-order valence-electron chi connectivity index (χ2n) is 9.25. The summed E-state index contributed by atoms with van der Waals surface area (Å²) in [6.07, 6.45) is 1.52. The molecule has 2 aromatic heterocycles. The molecule has 10 nitrogen and oxygen atoms in total. The molecule has 4 aromatic rings. The summed E-state index contributed by atoms with van der Waals surface area (Å²) in [6.45, 7) is 3.89. The van der Waals surface area contributed by atoms with Gasteiger partial charge in [-0.25, -0.2) is 23.0 Å². The zero-order valence-corrected chi connectivity index (χ0v) is 22.5. The van der Waals surface area contributed by atoms with Gasteiger partial charge in [-0.2, -0.15) is 0 Å². The van der Waals surface area contributed by atoms with E-state index < -0.39 is 21.3 Å². The predicted molar refractivity (Wildman–Crippen MR) is 151 cm³/mol. The molecule has 0 saturated carbocycles. The fourth-order valence-corrected chi connectivity index (χ4v) is 5.79. The number of nitrogens with zero attached hydrogens (tertiary/aromatic N) is 4. The lowest BCUT2D eigenvalue weighted by molar-refractivity contribution is 0.0363. The molecule has 1 aliphatic rings. The first-order valence-electron chi connectivity index (χ1n) is 12.4. The van der Waals surface area contributed by atoms with E-state index in [-0.39, 0.29) is 28.0 Å². The van der Waals surface area contributed by atoms with Crippen LogP contribution < -0.4 is 20.8 Å². The first-order valence-corrected chi connectivity index (χ1v) is 14.1. The summed E-state index contributed by atoms with van der Waals surface area (Å²) >= 11 is 0. The normalized spacial score (nSPS) is 15.6. The highest BCUT2D eigenvalue weighted by Gasteiger charge is 2.19. The Morgan fingerprint density at radius 2 is 1.90 bits per heavy atom. The topological polar surface area (TPSA) is 125 Å². The highest BCUT2D eigenvalue weighted by atomic mass is 32.2.